The van der Waals surface area contributed by atoms with E-state index >= 15 is 0 Å². The number of anilines is 1. The Hall–Kier alpha value is -2.11. The van der Waals surface area contributed by atoms with Gasteiger partial charge in [-0.1, -0.05) is 0 Å². The van der Waals surface area contributed by atoms with Crippen molar-refractivity contribution in [1.82, 2.24) is 10.2 Å². The number of piperazine rings is 1. The topological polar surface area (TPSA) is 54.0 Å². The molecule has 6 heteroatoms. The van der Waals surface area contributed by atoms with Crippen LogP contribution in [0.15, 0.2) is 18.2 Å². The number of carbonyl (C=O) groups excluding carboxylic acids is 1. The molecule has 1 saturated heterocycles. The van der Waals surface area contributed by atoms with E-state index in [-0.39, 0.29) is 11.6 Å². The Bertz CT molecular complexity index is 547. The second-order valence-electron chi connectivity index (χ2n) is 6.69. The minimum atomic E-state index is -0.215. The smallest absolute Gasteiger partial charge is 0.317 e. The van der Waals surface area contributed by atoms with Gasteiger partial charge >= 0.3 is 6.03 Å². The molecule has 1 aromatic carbocycles. The van der Waals surface area contributed by atoms with Gasteiger partial charge in [0.25, 0.3) is 0 Å². The highest BCUT2D eigenvalue weighted by molar-refractivity contribution is 5.75. The summed E-state index contributed by atoms with van der Waals surface area (Å²) in [7, 11) is 3.30. The molecule has 2 rings (SSSR count). The molecule has 1 heterocycles. The Balaban J connectivity index is 2.00. The fourth-order valence-electron chi connectivity index (χ4n) is 2.60. The molecule has 0 unspecified atom stereocenters. The third kappa shape index (κ3) is 4.43. The van der Waals surface area contributed by atoms with Crippen LogP contribution >= 0.6 is 0 Å². The van der Waals surface area contributed by atoms with E-state index in [9.17, 15) is 4.79 Å². The number of hydrogen-bond acceptors (Lipinski definition) is 4. The number of carbonyl (C=O) groups is 1. The average Bonchev–Trinajstić information content (AvgIpc) is 2.52. The van der Waals surface area contributed by atoms with Gasteiger partial charge in [-0.2, -0.15) is 0 Å². The maximum atomic E-state index is 12.2. The number of benzene rings is 1. The van der Waals surface area contributed by atoms with Crippen LogP contribution in [0.2, 0.25) is 0 Å². The average molecular weight is 321 g/mol. The molecular formula is C17H27N3O3. The summed E-state index contributed by atoms with van der Waals surface area (Å²) in [5.41, 5.74) is 0.817. The lowest BCUT2D eigenvalue weighted by atomic mass is 10.1. The molecule has 0 aromatic heterocycles. The number of urea groups is 1. The quantitative estimate of drug-likeness (QED) is 0.928. The summed E-state index contributed by atoms with van der Waals surface area (Å²) < 4.78 is 10.7. The van der Waals surface area contributed by atoms with Crippen molar-refractivity contribution in [2.45, 2.75) is 26.3 Å². The first kappa shape index (κ1) is 17.2. The maximum Gasteiger partial charge on any atom is 0.317 e. The van der Waals surface area contributed by atoms with Crippen LogP contribution in [-0.2, 0) is 0 Å². The van der Waals surface area contributed by atoms with E-state index in [1.165, 1.54) is 0 Å². The molecule has 0 saturated carbocycles. The highest BCUT2D eigenvalue weighted by Gasteiger charge is 2.25. The highest BCUT2D eigenvalue weighted by Crippen LogP contribution is 2.32. The summed E-state index contributed by atoms with van der Waals surface area (Å²) in [6.45, 7) is 8.91. The van der Waals surface area contributed by atoms with Crippen LogP contribution in [0.25, 0.3) is 0 Å². The Morgan fingerprint density at radius 3 is 2.26 bits per heavy atom. The highest BCUT2D eigenvalue weighted by atomic mass is 16.5. The molecule has 6 nitrogen and oxygen atoms in total. The standard InChI is InChI=1S/C17H27N3O3/c1-17(2,3)18-16(21)20-10-8-19(9-11-20)14-7-6-13(22-4)12-15(14)23-5/h6-7,12H,8-11H2,1-5H3,(H,18,21). The summed E-state index contributed by atoms with van der Waals surface area (Å²) in [5, 5.41) is 3.01. The number of methoxy groups -OCH3 is 2. The van der Waals surface area contributed by atoms with Gasteiger partial charge in [-0.25, -0.2) is 4.79 Å². The van der Waals surface area contributed by atoms with E-state index in [1.54, 1.807) is 14.2 Å². The van der Waals surface area contributed by atoms with Crippen molar-refractivity contribution in [3.8, 4) is 11.5 Å². The molecule has 1 aliphatic rings. The second-order valence-corrected chi connectivity index (χ2v) is 6.69. The van der Waals surface area contributed by atoms with Crippen molar-refractivity contribution in [1.29, 1.82) is 0 Å². The molecule has 23 heavy (non-hydrogen) atoms. The van der Waals surface area contributed by atoms with E-state index in [1.807, 2.05) is 43.9 Å². The monoisotopic (exact) mass is 321 g/mol. The van der Waals surface area contributed by atoms with Crippen LogP contribution in [0.4, 0.5) is 10.5 Å². The third-order valence-electron chi connectivity index (χ3n) is 3.78. The molecule has 0 atom stereocenters. The number of nitrogens with one attached hydrogen (secondary N) is 1. The zero-order valence-corrected chi connectivity index (χ0v) is 14.7. The SMILES string of the molecule is COc1ccc(N2CCN(C(=O)NC(C)(C)C)CC2)c(OC)c1. The molecule has 0 radical (unpaired) electrons. The van der Waals surface area contributed by atoms with Crippen LogP contribution in [0.3, 0.4) is 0 Å². The largest absolute Gasteiger partial charge is 0.497 e. The Morgan fingerprint density at radius 2 is 1.74 bits per heavy atom. The molecule has 1 aliphatic heterocycles. The van der Waals surface area contributed by atoms with Gasteiger partial charge in [0, 0.05) is 37.8 Å². The summed E-state index contributed by atoms with van der Waals surface area (Å²) in [4.78, 5) is 16.3. The van der Waals surface area contributed by atoms with Crippen molar-refractivity contribution in [2.75, 3.05) is 45.3 Å². The van der Waals surface area contributed by atoms with E-state index in [2.05, 4.69) is 10.2 Å². The molecule has 1 N–H and O–H groups in total. The first-order valence-electron chi connectivity index (χ1n) is 7.88. The molecule has 1 fully saturated rings. The van der Waals surface area contributed by atoms with Crippen molar-refractivity contribution in [3.05, 3.63) is 18.2 Å². The van der Waals surface area contributed by atoms with Gasteiger partial charge in [-0.3, -0.25) is 0 Å². The normalized spacial score (nSPS) is 15.3. The van der Waals surface area contributed by atoms with Gasteiger partial charge in [-0.15, -0.1) is 0 Å². The van der Waals surface area contributed by atoms with Crippen LogP contribution in [0.5, 0.6) is 11.5 Å². The molecular weight excluding hydrogens is 294 g/mol. The molecule has 1 aromatic rings. The van der Waals surface area contributed by atoms with Crippen LogP contribution in [-0.4, -0.2) is 56.9 Å². The lowest BCUT2D eigenvalue weighted by Gasteiger charge is -2.37. The number of amides is 2. The predicted molar refractivity (Wildman–Crippen MR) is 91.6 cm³/mol. The lowest BCUT2D eigenvalue weighted by molar-refractivity contribution is 0.185. The van der Waals surface area contributed by atoms with E-state index < -0.39 is 0 Å². The number of ether oxygens (including phenoxy) is 2. The number of rotatable bonds is 3. The zero-order chi connectivity index (χ0) is 17.0. The number of hydrogen-bond donors (Lipinski definition) is 1. The molecule has 0 aliphatic carbocycles. The Morgan fingerprint density at radius 1 is 1.09 bits per heavy atom. The molecule has 128 valence electrons. The third-order valence-corrected chi connectivity index (χ3v) is 3.78. The van der Waals surface area contributed by atoms with Gasteiger partial charge in [0.05, 0.1) is 19.9 Å². The predicted octanol–water partition coefficient (Wildman–Crippen LogP) is 2.33. The lowest BCUT2D eigenvalue weighted by Crippen LogP contribution is -2.55. The van der Waals surface area contributed by atoms with Gasteiger partial charge in [0.15, 0.2) is 0 Å². The van der Waals surface area contributed by atoms with Crippen molar-refractivity contribution < 1.29 is 14.3 Å². The molecule has 0 spiro atoms. The van der Waals surface area contributed by atoms with E-state index in [4.69, 9.17) is 9.47 Å². The van der Waals surface area contributed by atoms with Crippen LogP contribution in [0, 0.1) is 0 Å². The first-order valence-corrected chi connectivity index (χ1v) is 7.88. The fraction of sp³-hybridized carbons (Fsp3) is 0.588. The van der Waals surface area contributed by atoms with Crippen molar-refractivity contribution >= 4 is 11.7 Å². The van der Waals surface area contributed by atoms with Crippen LogP contribution < -0.4 is 19.7 Å². The Kier molecular flexibility index (Phi) is 5.23. The van der Waals surface area contributed by atoms with E-state index in [0.29, 0.717) is 13.1 Å². The fourth-order valence-corrected chi connectivity index (χ4v) is 2.60. The molecule has 0 bridgehead atoms. The summed E-state index contributed by atoms with van der Waals surface area (Å²) >= 11 is 0. The molecule has 2 amide bonds. The van der Waals surface area contributed by atoms with Gasteiger partial charge in [-0.05, 0) is 32.9 Å². The van der Waals surface area contributed by atoms with Crippen LogP contribution in [0.1, 0.15) is 20.8 Å². The number of nitrogens with zero attached hydrogens (tertiary/aromatic N) is 2. The second kappa shape index (κ2) is 6.98. The zero-order valence-electron chi connectivity index (χ0n) is 14.7. The summed E-state index contributed by atoms with van der Waals surface area (Å²) in [6.07, 6.45) is 0. The van der Waals surface area contributed by atoms with Crippen molar-refractivity contribution in [2.24, 2.45) is 0 Å². The van der Waals surface area contributed by atoms with Gasteiger partial charge in [0.2, 0.25) is 0 Å². The maximum absolute atomic E-state index is 12.2. The van der Waals surface area contributed by atoms with Gasteiger partial charge < -0.3 is 24.6 Å². The minimum absolute atomic E-state index is 0.00107. The Labute approximate surface area is 138 Å². The summed E-state index contributed by atoms with van der Waals surface area (Å²) in [6, 6.07) is 5.81. The van der Waals surface area contributed by atoms with Gasteiger partial charge in [0.1, 0.15) is 11.5 Å². The minimum Gasteiger partial charge on any atom is -0.497 e. The first-order chi connectivity index (χ1) is 10.8. The summed E-state index contributed by atoms with van der Waals surface area (Å²) in [5.74, 6) is 1.56. The van der Waals surface area contributed by atoms with E-state index in [0.717, 1.165) is 30.3 Å². The van der Waals surface area contributed by atoms with Crippen molar-refractivity contribution in [3.63, 3.8) is 0 Å².